The molecule has 0 aliphatic heterocycles. The van der Waals surface area contributed by atoms with Gasteiger partial charge in [0.25, 0.3) is 0 Å². The predicted molar refractivity (Wildman–Crippen MR) is 57.7 cm³/mol. The predicted octanol–water partition coefficient (Wildman–Crippen LogP) is 1.54. The number of carboxylic acid groups (broad SMARTS) is 1. The number of unbranched alkanes of at least 4 members (excludes halogenated alkanes) is 5. The third-order valence-corrected chi connectivity index (χ3v) is 2.39. The Balaban J connectivity index is 3.02. The summed E-state index contributed by atoms with van der Waals surface area (Å²) in [5.41, 5.74) is 0. The van der Waals surface area contributed by atoms with Crippen molar-refractivity contribution in [1.29, 1.82) is 0 Å². The summed E-state index contributed by atoms with van der Waals surface area (Å²) in [6.07, 6.45) is 6.20. The molecule has 15 heavy (non-hydrogen) atoms. The molecule has 0 unspecified atom stereocenters. The average Bonchev–Trinajstić information content (AvgIpc) is 2.21. The number of aliphatic carboxylic acids is 1. The number of aliphatic hydroxyl groups is 2. The van der Waals surface area contributed by atoms with E-state index in [4.69, 9.17) is 15.3 Å². The van der Waals surface area contributed by atoms with Gasteiger partial charge in [-0.2, -0.15) is 0 Å². The van der Waals surface area contributed by atoms with Crippen molar-refractivity contribution in [3.8, 4) is 0 Å². The molecule has 0 spiro atoms. The van der Waals surface area contributed by atoms with Crippen molar-refractivity contribution in [1.82, 2.24) is 0 Å². The van der Waals surface area contributed by atoms with Crippen LogP contribution in [0.3, 0.4) is 0 Å². The minimum atomic E-state index is -0.721. The van der Waals surface area contributed by atoms with Crippen LogP contribution >= 0.6 is 0 Å². The van der Waals surface area contributed by atoms with Crippen molar-refractivity contribution in [3.05, 3.63) is 0 Å². The second-order valence-electron chi connectivity index (χ2n) is 3.89. The van der Waals surface area contributed by atoms with Gasteiger partial charge in [0.15, 0.2) is 0 Å². The Kier molecular flexibility index (Phi) is 9.52. The Morgan fingerprint density at radius 3 is 2.07 bits per heavy atom. The van der Waals surface area contributed by atoms with Gasteiger partial charge >= 0.3 is 5.97 Å². The van der Waals surface area contributed by atoms with E-state index >= 15 is 0 Å². The fourth-order valence-electron chi connectivity index (χ4n) is 1.45. The molecule has 0 saturated carbocycles. The third-order valence-electron chi connectivity index (χ3n) is 2.39. The van der Waals surface area contributed by atoms with Crippen LogP contribution in [0.2, 0.25) is 0 Å². The molecule has 0 aromatic carbocycles. The van der Waals surface area contributed by atoms with E-state index in [9.17, 15) is 4.79 Å². The molecule has 1 atom stereocenters. The Morgan fingerprint density at radius 1 is 1.00 bits per heavy atom. The van der Waals surface area contributed by atoms with Gasteiger partial charge in [0.05, 0.1) is 12.7 Å². The van der Waals surface area contributed by atoms with Crippen LogP contribution in [0.25, 0.3) is 0 Å². The van der Waals surface area contributed by atoms with E-state index in [2.05, 4.69) is 0 Å². The lowest BCUT2D eigenvalue weighted by atomic mass is 10.1. The first kappa shape index (κ1) is 14.4. The summed E-state index contributed by atoms with van der Waals surface area (Å²) in [6.45, 7) is -0.154. The summed E-state index contributed by atoms with van der Waals surface area (Å²) in [6, 6.07) is 0. The summed E-state index contributed by atoms with van der Waals surface area (Å²) in [7, 11) is 0. The van der Waals surface area contributed by atoms with Crippen molar-refractivity contribution in [3.63, 3.8) is 0 Å². The molecule has 0 fully saturated rings. The molecule has 0 rings (SSSR count). The maximum Gasteiger partial charge on any atom is 0.303 e. The van der Waals surface area contributed by atoms with Crippen LogP contribution in [0, 0.1) is 0 Å². The van der Waals surface area contributed by atoms with Crippen molar-refractivity contribution in [2.75, 3.05) is 6.61 Å². The van der Waals surface area contributed by atoms with Crippen LogP contribution < -0.4 is 0 Å². The Labute approximate surface area is 90.9 Å². The SMILES string of the molecule is O=C(O)CCCCCCCC[C@@H](O)CO. The molecule has 0 amide bonds. The lowest BCUT2D eigenvalue weighted by Gasteiger charge is -2.05. The van der Waals surface area contributed by atoms with Crippen LogP contribution in [-0.4, -0.2) is 34.0 Å². The summed E-state index contributed by atoms with van der Waals surface area (Å²) >= 11 is 0. The number of carboxylic acids is 1. The normalized spacial score (nSPS) is 12.7. The molecule has 0 aromatic heterocycles. The first-order valence-electron chi connectivity index (χ1n) is 5.67. The topological polar surface area (TPSA) is 77.8 Å². The van der Waals surface area contributed by atoms with Crippen molar-refractivity contribution in [2.45, 2.75) is 57.5 Å². The second-order valence-corrected chi connectivity index (χ2v) is 3.89. The van der Waals surface area contributed by atoms with Gasteiger partial charge in [0, 0.05) is 6.42 Å². The van der Waals surface area contributed by atoms with E-state index < -0.39 is 12.1 Å². The molecule has 0 radical (unpaired) electrons. The van der Waals surface area contributed by atoms with Gasteiger partial charge < -0.3 is 15.3 Å². The Hall–Kier alpha value is -0.610. The van der Waals surface area contributed by atoms with Crippen molar-refractivity contribution >= 4 is 5.97 Å². The first-order chi connectivity index (χ1) is 7.16. The van der Waals surface area contributed by atoms with Crippen LogP contribution in [0.1, 0.15) is 51.4 Å². The molecule has 0 heterocycles. The zero-order chi connectivity index (χ0) is 11.5. The number of aliphatic hydroxyl groups excluding tert-OH is 2. The summed E-state index contributed by atoms with van der Waals surface area (Å²) in [5.74, 6) is -0.721. The first-order valence-corrected chi connectivity index (χ1v) is 5.67. The Bertz CT molecular complexity index is 159. The van der Waals surface area contributed by atoms with Crippen LogP contribution in [0.5, 0.6) is 0 Å². The smallest absolute Gasteiger partial charge is 0.303 e. The maximum absolute atomic E-state index is 10.2. The van der Waals surface area contributed by atoms with E-state index in [1.807, 2.05) is 0 Å². The number of hydrogen-bond donors (Lipinski definition) is 3. The van der Waals surface area contributed by atoms with Gasteiger partial charge in [0.1, 0.15) is 0 Å². The van der Waals surface area contributed by atoms with Gasteiger partial charge in [-0.25, -0.2) is 0 Å². The fourth-order valence-corrected chi connectivity index (χ4v) is 1.45. The fraction of sp³-hybridized carbons (Fsp3) is 0.909. The summed E-state index contributed by atoms with van der Waals surface area (Å²) in [4.78, 5) is 10.2. The van der Waals surface area contributed by atoms with E-state index in [1.54, 1.807) is 0 Å². The molecule has 90 valence electrons. The molecule has 4 heteroatoms. The number of hydrogen-bond acceptors (Lipinski definition) is 3. The highest BCUT2D eigenvalue weighted by Gasteiger charge is 2.01. The van der Waals surface area contributed by atoms with E-state index in [-0.39, 0.29) is 13.0 Å². The van der Waals surface area contributed by atoms with Gasteiger partial charge in [0.2, 0.25) is 0 Å². The van der Waals surface area contributed by atoms with E-state index in [0.717, 1.165) is 38.5 Å². The van der Waals surface area contributed by atoms with Crippen molar-refractivity contribution < 1.29 is 20.1 Å². The largest absolute Gasteiger partial charge is 0.481 e. The molecule has 0 bridgehead atoms. The molecule has 0 aliphatic carbocycles. The average molecular weight is 218 g/mol. The van der Waals surface area contributed by atoms with Gasteiger partial charge in [-0.1, -0.05) is 32.1 Å². The summed E-state index contributed by atoms with van der Waals surface area (Å²) in [5, 5.41) is 26.0. The highest BCUT2D eigenvalue weighted by atomic mass is 16.4. The van der Waals surface area contributed by atoms with Crippen molar-refractivity contribution in [2.24, 2.45) is 0 Å². The quantitative estimate of drug-likeness (QED) is 0.486. The number of rotatable bonds is 10. The van der Waals surface area contributed by atoms with Crippen LogP contribution in [-0.2, 0) is 4.79 Å². The lowest BCUT2D eigenvalue weighted by molar-refractivity contribution is -0.137. The highest BCUT2D eigenvalue weighted by Crippen LogP contribution is 2.09. The molecular formula is C11H22O4. The van der Waals surface area contributed by atoms with Gasteiger partial charge in [-0.15, -0.1) is 0 Å². The van der Waals surface area contributed by atoms with Crippen LogP contribution in [0.4, 0.5) is 0 Å². The Morgan fingerprint density at radius 2 is 1.53 bits per heavy atom. The summed E-state index contributed by atoms with van der Waals surface area (Å²) < 4.78 is 0. The maximum atomic E-state index is 10.2. The minimum absolute atomic E-state index is 0.154. The zero-order valence-corrected chi connectivity index (χ0v) is 9.19. The minimum Gasteiger partial charge on any atom is -0.481 e. The van der Waals surface area contributed by atoms with Gasteiger partial charge in [-0.05, 0) is 12.8 Å². The van der Waals surface area contributed by atoms with Gasteiger partial charge in [-0.3, -0.25) is 4.79 Å². The molecule has 0 saturated heterocycles. The second kappa shape index (κ2) is 9.93. The third kappa shape index (κ3) is 11.3. The standard InChI is InChI=1S/C11H22O4/c12-9-10(13)7-5-3-1-2-4-6-8-11(14)15/h10,12-13H,1-9H2,(H,14,15)/t10-/m1/s1. The molecule has 0 aromatic rings. The monoisotopic (exact) mass is 218 g/mol. The molecular weight excluding hydrogens is 196 g/mol. The van der Waals surface area contributed by atoms with E-state index in [0.29, 0.717) is 6.42 Å². The molecule has 0 aliphatic rings. The zero-order valence-electron chi connectivity index (χ0n) is 9.19. The molecule has 3 N–H and O–H groups in total. The van der Waals surface area contributed by atoms with Crippen LogP contribution in [0.15, 0.2) is 0 Å². The lowest BCUT2D eigenvalue weighted by Crippen LogP contribution is -2.10. The number of carbonyl (C=O) groups is 1. The molecule has 4 nitrogen and oxygen atoms in total. The van der Waals surface area contributed by atoms with E-state index in [1.165, 1.54) is 0 Å². The highest BCUT2D eigenvalue weighted by molar-refractivity contribution is 5.66.